The Morgan fingerprint density at radius 2 is 1.84 bits per heavy atom. The van der Waals surface area contributed by atoms with Crippen LogP contribution < -0.4 is 4.72 Å². The minimum atomic E-state index is -3.97. The van der Waals surface area contributed by atoms with Gasteiger partial charge in [0, 0.05) is 18.3 Å². The van der Waals surface area contributed by atoms with Gasteiger partial charge in [0.15, 0.2) is 5.03 Å². The summed E-state index contributed by atoms with van der Waals surface area (Å²) in [6.45, 7) is 5.95. The largest absolute Gasteiger partial charge is 0.512 e. The number of aliphatic hydroxyl groups is 1. The first-order valence-electron chi connectivity index (χ1n) is 14.2. The SMILES string of the molecule is CCCC1(CCc2ccc(F)cc2)CC(O)=C(CC(C)(C)Cc2cccc(NS(=O)(=O)c3ccc(C#N)cn3)c2)C(=O)O1. The first-order chi connectivity index (χ1) is 20.3. The number of nitrogens with zero attached hydrogens (tertiary/aromatic N) is 2. The summed E-state index contributed by atoms with van der Waals surface area (Å²) in [6.07, 6.45) is 4.65. The topological polar surface area (TPSA) is 129 Å². The molecule has 2 heterocycles. The molecule has 8 nitrogen and oxygen atoms in total. The van der Waals surface area contributed by atoms with Gasteiger partial charge in [-0.1, -0.05) is 51.5 Å². The Bertz CT molecular complexity index is 1640. The van der Waals surface area contributed by atoms with Gasteiger partial charge < -0.3 is 9.84 Å². The zero-order valence-electron chi connectivity index (χ0n) is 24.6. The van der Waals surface area contributed by atoms with Gasteiger partial charge >= 0.3 is 5.97 Å². The van der Waals surface area contributed by atoms with Gasteiger partial charge in [-0.3, -0.25) is 4.72 Å². The summed E-state index contributed by atoms with van der Waals surface area (Å²) in [5.41, 5.74) is 1.32. The number of nitriles is 1. The third-order valence-corrected chi connectivity index (χ3v) is 8.84. The van der Waals surface area contributed by atoms with Crippen LogP contribution in [0.3, 0.4) is 0 Å². The molecule has 1 aliphatic heterocycles. The number of ether oxygens (including phenoxy) is 1. The number of aromatic nitrogens is 1. The predicted molar refractivity (Wildman–Crippen MR) is 161 cm³/mol. The van der Waals surface area contributed by atoms with Crippen molar-refractivity contribution in [1.82, 2.24) is 4.98 Å². The molecule has 1 atom stereocenters. The van der Waals surface area contributed by atoms with Crippen LogP contribution in [0.25, 0.3) is 0 Å². The van der Waals surface area contributed by atoms with Gasteiger partial charge in [0.05, 0.1) is 11.1 Å². The molecule has 0 radical (unpaired) electrons. The third-order valence-electron chi connectivity index (χ3n) is 7.54. The van der Waals surface area contributed by atoms with Crippen LogP contribution in [0.5, 0.6) is 0 Å². The highest BCUT2D eigenvalue weighted by Gasteiger charge is 2.42. The number of aryl methyl sites for hydroxylation is 1. The molecule has 0 bridgehead atoms. The lowest BCUT2D eigenvalue weighted by Gasteiger charge is -2.38. The lowest BCUT2D eigenvalue weighted by atomic mass is 9.77. The smallest absolute Gasteiger partial charge is 0.337 e. The number of anilines is 1. The Morgan fingerprint density at radius 1 is 1.09 bits per heavy atom. The standard InChI is InChI=1S/C33H36FN3O5S/c1-4-15-33(16-14-23-8-11-26(34)12-9-23)20-29(38)28(31(39)42-33)19-32(2,3)18-24-6-5-7-27(17-24)37-43(40,41)30-13-10-25(21-35)22-36-30/h5-13,17,22,37-38H,4,14-16,18-20H2,1-3H3. The normalized spacial score (nSPS) is 17.3. The first kappa shape index (κ1) is 31.7. The van der Waals surface area contributed by atoms with Crippen molar-refractivity contribution >= 4 is 21.7 Å². The number of nitrogens with one attached hydrogen (secondary N) is 1. The number of halogens is 1. The van der Waals surface area contributed by atoms with Gasteiger partial charge in [0.25, 0.3) is 10.0 Å². The van der Waals surface area contributed by atoms with Gasteiger partial charge in [0.2, 0.25) is 0 Å². The first-order valence-corrected chi connectivity index (χ1v) is 15.7. The maximum absolute atomic E-state index is 13.3. The van der Waals surface area contributed by atoms with Gasteiger partial charge in [-0.15, -0.1) is 0 Å². The van der Waals surface area contributed by atoms with Crippen LogP contribution in [0.2, 0.25) is 0 Å². The Labute approximate surface area is 252 Å². The highest BCUT2D eigenvalue weighted by Crippen LogP contribution is 2.41. The molecule has 1 aliphatic rings. The number of esters is 1. The number of carbonyl (C=O) groups excluding carboxylic acids is 1. The second-order valence-electron chi connectivity index (χ2n) is 11.9. The molecule has 2 N–H and O–H groups in total. The lowest BCUT2D eigenvalue weighted by Crippen LogP contribution is -2.41. The van der Waals surface area contributed by atoms with Crippen molar-refractivity contribution < 1.29 is 27.4 Å². The Kier molecular flexibility index (Phi) is 9.55. The van der Waals surface area contributed by atoms with E-state index in [1.807, 2.05) is 32.9 Å². The number of aliphatic hydroxyl groups excluding tert-OH is 1. The second-order valence-corrected chi connectivity index (χ2v) is 13.5. The van der Waals surface area contributed by atoms with E-state index < -0.39 is 27.0 Å². The summed E-state index contributed by atoms with van der Waals surface area (Å²) in [4.78, 5) is 17.1. The van der Waals surface area contributed by atoms with E-state index in [9.17, 15) is 22.7 Å². The highest BCUT2D eigenvalue weighted by molar-refractivity contribution is 7.92. The summed E-state index contributed by atoms with van der Waals surface area (Å²) in [6, 6.07) is 17.8. The van der Waals surface area contributed by atoms with Gasteiger partial charge in [-0.25, -0.2) is 14.2 Å². The van der Waals surface area contributed by atoms with Gasteiger partial charge in [-0.2, -0.15) is 13.7 Å². The predicted octanol–water partition coefficient (Wildman–Crippen LogP) is 6.78. The molecule has 2 aromatic carbocycles. The van der Waals surface area contributed by atoms with Crippen LogP contribution in [-0.4, -0.2) is 30.1 Å². The average molecular weight is 606 g/mol. The molecule has 226 valence electrons. The zero-order valence-corrected chi connectivity index (χ0v) is 25.4. The summed E-state index contributed by atoms with van der Waals surface area (Å²) in [5, 5.41) is 19.8. The minimum Gasteiger partial charge on any atom is -0.512 e. The summed E-state index contributed by atoms with van der Waals surface area (Å²) >= 11 is 0. The van der Waals surface area contributed by atoms with Gasteiger partial charge in [-0.05, 0) is 85.0 Å². The average Bonchev–Trinajstić information content (AvgIpc) is 2.95. The number of hydrogen-bond donors (Lipinski definition) is 2. The number of carbonyl (C=O) groups is 1. The quantitative estimate of drug-likeness (QED) is 0.218. The van der Waals surface area contributed by atoms with Crippen LogP contribution in [0, 0.1) is 22.6 Å². The molecule has 0 amide bonds. The van der Waals surface area contributed by atoms with Gasteiger partial charge in [0.1, 0.15) is 23.2 Å². The number of rotatable bonds is 12. The van der Waals surface area contributed by atoms with Crippen molar-refractivity contribution in [3.05, 3.63) is 101 Å². The fourth-order valence-electron chi connectivity index (χ4n) is 5.53. The highest BCUT2D eigenvalue weighted by atomic mass is 32.2. The Hall–Kier alpha value is -4.23. The molecule has 0 saturated carbocycles. The van der Waals surface area contributed by atoms with Crippen LogP contribution in [0.4, 0.5) is 10.1 Å². The van der Waals surface area contributed by atoms with Crippen LogP contribution in [-0.2, 0) is 32.4 Å². The van der Waals surface area contributed by atoms with Crippen LogP contribution >= 0.6 is 0 Å². The van der Waals surface area contributed by atoms with Crippen LogP contribution in [0.15, 0.2) is 83.2 Å². The molecular formula is C33H36FN3O5S. The fourth-order valence-corrected chi connectivity index (χ4v) is 6.51. The molecule has 1 unspecified atom stereocenters. The molecule has 10 heteroatoms. The van der Waals surface area contributed by atoms with Crippen LogP contribution in [0.1, 0.15) is 69.6 Å². The van der Waals surface area contributed by atoms with Crippen molar-refractivity contribution in [2.75, 3.05) is 4.72 Å². The Balaban J connectivity index is 1.45. The molecule has 0 spiro atoms. The summed E-state index contributed by atoms with van der Waals surface area (Å²) in [7, 11) is -3.97. The number of cyclic esters (lactones) is 1. The molecule has 0 saturated heterocycles. The number of hydrogen-bond acceptors (Lipinski definition) is 7. The summed E-state index contributed by atoms with van der Waals surface area (Å²) < 4.78 is 47.5. The minimum absolute atomic E-state index is 0.0355. The third kappa shape index (κ3) is 8.20. The van der Waals surface area contributed by atoms with E-state index in [1.54, 1.807) is 30.3 Å². The van der Waals surface area contributed by atoms with Crippen molar-refractivity contribution in [3.63, 3.8) is 0 Å². The van der Waals surface area contributed by atoms with Crippen molar-refractivity contribution in [3.8, 4) is 6.07 Å². The lowest BCUT2D eigenvalue weighted by molar-refractivity contribution is -0.161. The maximum atomic E-state index is 13.3. The van der Waals surface area contributed by atoms with Crippen molar-refractivity contribution in [2.24, 2.45) is 5.41 Å². The molecule has 4 rings (SSSR count). The molecule has 43 heavy (non-hydrogen) atoms. The zero-order chi connectivity index (χ0) is 31.3. The van der Waals surface area contributed by atoms with E-state index in [0.717, 1.165) is 17.5 Å². The number of pyridine rings is 1. The van der Waals surface area contributed by atoms with E-state index in [0.29, 0.717) is 31.4 Å². The van der Waals surface area contributed by atoms with Crippen molar-refractivity contribution in [2.45, 2.75) is 76.3 Å². The Morgan fingerprint density at radius 3 is 2.47 bits per heavy atom. The van der Waals surface area contributed by atoms with E-state index in [4.69, 9.17) is 10.00 Å². The molecule has 1 aromatic heterocycles. The number of sulfonamides is 1. The van der Waals surface area contributed by atoms with E-state index in [-0.39, 0.29) is 40.6 Å². The summed E-state index contributed by atoms with van der Waals surface area (Å²) in [5.74, 6) is -0.800. The fraction of sp³-hybridized carbons (Fsp3) is 0.364. The van der Waals surface area contributed by atoms with E-state index >= 15 is 0 Å². The molecule has 0 aliphatic carbocycles. The molecule has 3 aromatic rings. The monoisotopic (exact) mass is 605 g/mol. The molecular weight excluding hydrogens is 569 g/mol. The van der Waals surface area contributed by atoms with E-state index in [2.05, 4.69) is 9.71 Å². The van der Waals surface area contributed by atoms with Crippen molar-refractivity contribution in [1.29, 1.82) is 5.26 Å². The van der Waals surface area contributed by atoms with E-state index in [1.165, 1.54) is 30.5 Å². The second kappa shape index (κ2) is 13.0. The maximum Gasteiger partial charge on any atom is 0.337 e. The number of benzene rings is 2. The molecule has 0 fully saturated rings.